The number of carbonyl (C=O) groups is 1. The van der Waals surface area contributed by atoms with Gasteiger partial charge in [-0.2, -0.15) is 0 Å². The maximum Gasteiger partial charge on any atom is 0.262 e. The Kier molecular flexibility index (Phi) is 10.8. The van der Waals surface area contributed by atoms with Gasteiger partial charge in [0, 0.05) is 6.61 Å². The molecule has 2 aromatic heterocycles. The summed E-state index contributed by atoms with van der Waals surface area (Å²) in [5.74, 6) is -0.407. The summed E-state index contributed by atoms with van der Waals surface area (Å²) in [6, 6.07) is 6.39. The molecule has 5 N–H and O–H groups in total. The molecule has 0 saturated heterocycles. The normalized spacial score (nSPS) is 15.1. The van der Waals surface area contributed by atoms with Crippen LogP contribution in [0, 0.1) is 0 Å². The lowest BCUT2D eigenvalue weighted by atomic mass is 10.1. The molecule has 0 fully saturated rings. The topological polar surface area (TPSA) is 176 Å². The molecule has 0 aliphatic heterocycles. The minimum Gasteiger partial charge on any atom is -0.382 e. The number of aliphatic hydroxyl groups excluding tert-OH is 1. The van der Waals surface area contributed by atoms with Crippen molar-refractivity contribution in [3.8, 4) is 0 Å². The molecule has 0 saturated carbocycles. The van der Waals surface area contributed by atoms with Crippen molar-refractivity contribution in [3.63, 3.8) is 0 Å². The van der Waals surface area contributed by atoms with E-state index in [0.29, 0.717) is 24.3 Å². The standard InChI is InChI=1S/C24H35ClN7O6P/c1-5-36-10-11-37-23(34)24(3,4)31-39(35,30-22(33)17-8-6-7-9-18(17)25)15-38-16(2)12-32-14-29-19-20(26)27-13-28-21(19)32/h6-9,13-14,16,23,34H,5,10-12,15H2,1-4H3,(H2,26,27,28)(H2,30,31,33,35)/t16-,23?,39?/m1/s1. The zero-order chi connectivity index (χ0) is 28.6. The van der Waals surface area contributed by atoms with Gasteiger partial charge in [-0.15, -0.1) is 0 Å². The monoisotopic (exact) mass is 583 g/mol. The number of carbonyl (C=O) groups excluding carboxylic acids is 1. The zero-order valence-electron chi connectivity index (χ0n) is 22.3. The Morgan fingerprint density at radius 3 is 2.69 bits per heavy atom. The van der Waals surface area contributed by atoms with Crippen LogP contribution < -0.4 is 15.9 Å². The number of rotatable bonds is 15. The highest BCUT2D eigenvalue weighted by Crippen LogP contribution is 2.41. The first-order valence-corrected chi connectivity index (χ1v) is 14.6. The van der Waals surface area contributed by atoms with Gasteiger partial charge in [-0.3, -0.25) is 14.4 Å². The number of amides is 1. The molecule has 0 radical (unpaired) electrons. The zero-order valence-corrected chi connectivity index (χ0v) is 24.0. The van der Waals surface area contributed by atoms with E-state index in [-0.39, 0.29) is 29.6 Å². The van der Waals surface area contributed by atoms with Crippen LogP contribution in [0.15, 0.2) is 36.9 Å². The molecular formula is C24H35ClN7O6P. The van der Waals surface area contributed by atoms with Gasteiger partial charge >= 0.3 is 0 Å². The van der Waals surface area contributed by atoms with E-state index in [1.165, 1.54) is 12.4 Å². The highest BCUT2D eigenvalue weighted by atomic mass is 35.5. The molecule has 0 bridgehead atoms. The first-order chi connectivity index (χ1) is 18.5. The Morgan fingerprint density at radius 1 is 1.23 bits per heavy atom. The number of halogens is 1. The van der Waals surface area contributed by atoms with Gasteiger partial charge in [0.25, 0.3) is 13.4 Å². The van der Waals surface area contributed by atoms with E-state index in [0.717, 1.165) is 0 Å². The quantitative estimate of drug-likeness (QED) is 0.117. The van der Waals surface area contributed by atoms with Crippen molar-refractivity contribution in [3.05, 3.63) is 47.5 Å². The van der Waals surface area contributed by atoms with Gasteiger partial charge in [0.15, 0.2) is 17.8 Å². The van der Waals surface area contributed by atoms with Gasteiger partial charge in [-0.25, -0.2) is 20.0 Å². The third-order valence-corrected chi connectivity index (χ3v) is 7.96. The summed E-state index contributed by atoms with van der Waals surface area (Å²) < 4.78 is 32.4. The number of aliphatic hydroxyl groups is 1. The number of ether oxygens (including phenoxy) is 3. The first-order valence-electron chi connectivity index (χ1n) is 12.3. The van der Waals surface area contributed by atoms with E-state index >= 15 is 0 Å². The van der Waals surface area contributed by atoms with Crippen LogP contribution in [-0.4, -0.2) is 74.6 Å². The molecule has 3 aromatic rings. The summed E-state index contributed by atoms with van der Waals surface area (Å²) in [7, 11) is -3.85. The number of imidazole rings is 1. The second kappa shape index (κ2) is 13.6. The minimum atomic E-state index is -3.85. The molecule has 3 rings (SSSR count). The van der Waals surface area contributed by atoms with E-state index in [2.05, 4.69) is 25.1 Å². The van der Waals surface area contributed by atoms with Crippen molar-refractivity contribution in [2.75, 3.05) is 31.9 Å². The lowest BCUT2D eigenvalue weighted by Crippen LogP contribution is -2.52. The number of anilines is 1. The molecule has 2 unspecified atom stereocenters. The SMILES string of the molecule is CCOCCOC(O)C(C)(C)NP(=O)(CO[C@H](C)Cn1cnc2c(N)ncnc21)NC(=O)c1ccccc1Cl. The molecule has 1 amide bonds. The average Bonchev–Trinajstić information content (AvgIpc) is 3.29. The fourth-order valence-electron chi connectivity index (χ4n) is 3.65. The van der Waals surface area contributed by atoms with Crippen LogP contribution in [0.4, 0.5) is 5.82 Å². The molecule has 39 heavy (non-hydrogen) atoms. The molecule has 3 atom stereocenters. The van der Waals surface area contributed by atoms with Crippen molar-refractivity contribution >= 4 is 41.9 Å². The van der Waals surface area contributed by atoms with Gasteiger partial charge in [0.05, 0.1) is 48.3 Å². The van der Waals surface area contributed by atoms with E-state index in [1.54, 1.807) is 49.9 Å². The number of nitrogens with one attached hydrogen (secondary N) is 2. The average molecular weight is 584 g/mol. The molecule has 0 spiro atoms. The first kappa shape index (κ1) is 30.9. The van der Waals surface area contributed by atoms with Crippen LogP contribution >= 0.6 is 19.0 Å². The second-order valence-corrected chi connectivity index (χ2v) is 11.9. The van der Waals surface area contributed by atoms with Crippen molar-refractivity contribution < 1.29 is 28.7 Å². The molecule has 0 aliphatic carbocycles. The van der Waals surface area contributed by atoms with Crippen molar-refractivity contribution in [2.24, 2.45) is 0 Å². The van der Waals surface area contributed by atoms with Gasteiger partial charge in [0.2, 0.25) is 0 Å². The molecule has 13 nitrogen and oxygen atoms in total. The number of nitrogen functional groups attached to an aromatic ring is 1. The Balaban J connectivity index is 1.75. The Hall–Kier alpha value is -2.64. The second-order valence-electron chi connectivity index (χ2n) is 9.35. The summed E-state index contributed by atoms with van der Waals surface area (Å²) >= 11 is 6.18. The number of fused-ring (bicyclic) bond motifs is 1. The molecule has 1 aromatic carbocycles. The van der Waals surface area contributed by atoms with Crippen molar-refractivity contribution in [1.29, 1.82) is 0 Å². The Morgan fingerprint density at radius 2 is 1.97 bits per heavy atom. The summed E-state index contributed by atoms with van der Waals surface area (Å²) in [5, 5.41) is 16.2. The predicted octanol–water partition coefficient (Wildman–Crippen LogP) is 2.79. The number of hydrogen-bond acceptors (Lipinski definition) is 10. The molecular weight excluding hydrogens is 549 g/mol. The van der Waals surface area contributed by atoms with Crippen molar-refractivity contribution in [1.82, 2.24) is 29.7 Å². The molecule has 214 valence electrons. The maximum absolute atomic E-state index is 14.1. The minimum absolute atomic E-state index is 0.122. The lowest BCUT2D eigenvalue weighted by Gasteiger charge is -2.35. The summed E-state index contributed by atoms with van der Waals surface area (Å²) in [6.45, 7) is 8.02. The Bertz CT molecular complexity index is 1310. The summed E-state index contributed by atoms with van der Waals surface area (Å²) in [5.41, 5.74) is 5.74. The predicted molar refractivity (Wildman–Crippen MR) is 147 cm³/mol. The fraction of sp³-hybridized carbons (Fsp3) is 0.500. The van der Waals surface area contributed by atoms with E-state index in [1.807, 2.05) is 6.92 Å². The van der Waals surface area contributed by atoms with E-state index in [9.17, 15) is 14.5 Å². The number of aromatic nitrogens is 4. The number of benzene rings is 1. The van der Waals surface area contributed by atoms with Crippen LogP contribution in [-0.2, 0) is 25.3 Å². The van der Waals surface area contributed by atoms with Crippen molar-refractivity contribution in [2.45, 2.75) is 52.2 Å². The number of nitrogens with two attached hydrogens (primary N) is 1. The summed E-state index contributed by atoms with van der Waals surface area (Å²) in [6.07, 6.45) is 0.646. The fourth-order valence-corrected chi connectivity index (χ4v) is 6.01. The highest BCUT2D eigenvalue weighted by molar-refractivity contribution is 7.60. The largest absolute Gasteiger partial charge is 0.382 e. The number of nitrogens with zero attached hydrogens (tertiary/aromatic N) is 4. The van der Waals surface area contributed by atoms with Crippen LogP contribution in [0.5, 0.6) is 0 Å². The van der Waals surface area contributed by atoms with Crippen LogP contribution in [0.3, 0.4) is 0 Å². The van der Waals surface area contributed by atoms with E-state index < -0.39 is 37.6 Å². The van der Waals surface area contributed by atoms with Crippen LogP contribution in [0.2, 0.25) is 5.02 Å². The van der Waals surface area contributed by atoms with Gasteiger partial charge in [0.1, 0.15) is 18.2 Å². The number of hydrogen-bond donors (Lipinski definition) is 4. The Labute approximate surface area is 231 Å². The third-order valence-electron chi connectivity index (χ3n) is 5.62. The lowest BCUT2D eigenvalue weighted by molar-refractivity contribution is -0.148. The van der Waals surface area contributed by atoms with Crippen LogP contribution in [0.1, 0.15) is 38.1 Å². The smallest absolute Gasteiger partial charge is 0.262 e. The third kappa shape index (κ3) is 8.42. The van der Waals surface area contributed by atoms with Crippen LogP contribution in [0.25, 0.3) is 11.2 Å². The highest BCUT2D eigenvalue weighted by Gasteiger charge is 2.38. The van der Waals surface area contributed by atoms with E-state index in [4.69, 9.17) is 31.5 Å². The molecule has 0 aliphatic rings. The maximum atomic E-state index is 14.1. The van der Waals surface area contributed by atoms with Gasteiger partial charge < -0.3 is 29.6 Å². The molecule has 15 heteroatoms. The summed E-state index contributed by atoms with van der Waals surface area (Å²) in [4.78, 5) is 25.4. The van der Waals surface area contributed by atoms with Gasteiger partial charge in [-0.1, -0.05) is 23.7 Å². The van der Waals surface area contributed by atoms with Gasteiger partial charge in [-0.05, 0) is 39.8 Å². The molecule has 2 heterocycles.